The summed E-state index contributed by atoms with van der Waals surface area (Å²) in [6, 6.07) is 8.48. The first kappa shape index (κ1) is 14.1. The lowest BCUT2D eigenvalue weighted by molar-refractivity contribution is 0.646. The van der Waals surface area contributed by atoms with Gasteiger partial charge in [0, 0.05) is 30.0 Å². The standard InChI is InChI=1S/C15H20BrN3/c1-3-10-18-14(17-2)19-11-15(8-9-15)12-6-4-5-7-13(12)16/h3-7H,1,8-11H2,2H3,(H2,17,18,19). The number of aliphatic imine (C=N–C) groups is 1. The van der Waals surface area contributed by atoms with Crippen LogP contribution in [0.2, 0.25) is 0 Å². The van der Waals surface area contributed by atoms with Crippen LogP contribution in [0.25, 0.3) is 0 Å². The molecule has 0 amide bonds. The summed E-state index contributed by atoms with van der Waals surface area (Å²) < 4.78 is 1.20. The van der Waals surface area contributed by atoms with Gasteiger partial charge in [0.15, 0.2) is 5.96 Å². The van der Waals surface area contributed by atoms with E-state index in [2.05, 4.69) is 62.4 Å². The van der Waals surface area contributed by atoms with E-state index in [1.54, 1.807) is 7.05 Å². The minimum Gasteiger partial charge on any atom is -0.356 e. The van der Waals surface area contributed by atoms with Crippen LogP contribution in [0.15, 0.2) is 46.4 Å². The Morgan fingerprint density at radius 3 is 2.74 bits per heavy atom. The van der Waals surface area contributed by atoms with Gasteiger partial charge in [-0.05, 0) is 24.5 Å². The van der Waals surface area contributed by atoms with Gasteiger partial charge in [-0.1, -0.05) is 40.2 Å². The minimum atomic E-state index is 0.256. The zero-order valence-electron chi connectivity index (χ0n) is 11.2. The largest absolute Gasteiger partial charge is 0.356 e. The molecular formula is C15H20BrN3. The summed E-state index contributed by atoms with van der Waals surface area (Å²) in [7, 11) is 1.79. The van der Waals surface area contributed by atoms with E-state index in [9.17, 15) is 0 Å². The highest BCUT2D eigenvalue weighted by molar-refractivity contribution is 9.10. The van der Waals surface area contributed by atoms with E-state index < -0.39 is 0 Å². The third kappa shape index (κ3) is 3.38. The van der Waals surface area contributed by atoms with Gasteiger partial charge in [-0.3, -0.25) is 4.99 Å². The molecule has 4 heteroatoms. The molecule has 0 aromatic heterocycles. The Morgan fingerprint density at radius 2 is 2.16 bits per heavy atom. The molecule has 0 aliphatic heterocycles. The number of rotatable bonds is 5. The molecule has 1 aromatic carbocycles. The number of benzene rings is 1. The summed E-state index contributed by atoms with van der Waals surface area (Å²) in [4.78, 5) is 4.21. The first-order valence-electron chi connectivity index (χ1n) is 6.52. The fourth-order valence-electron chi connectivity index (χ4n) is 2.23. The third-order valence-electron chi connectivity index (χ3n) is 3.53. The van der Waals surface area contributed by atoms with E-state index in [0.29, 0.717) is 0 Å². The van der Waals surface area contributed by atoms with Crippen LogP contribution in [0.3, 0.4) is 0 Å². The predicted molar refractivity (Wildman–Crippen MR) is 84.6 cm³/mol. The van der Waals surface area contributed by atoms with E-state index in [-0.39, 0.29) is 5.41 Å². The molecule has 1 saturated carbocycles. The second-order valence-corrected chi connectivity index (χ2v) is 5.71. The van der Waals surface area contributed by atoms with E-state index >= 15 is 0 Å². The molecule has 0 radical (unpaired) electrons. The summed E-state index contributed by atoms with van der Waals surface area (Å²) in [6.45, 7) is 5.33. The van der Waals surface area contributed by atoms with Gasteiger partial charge in [0.2, 0.25) is 0 Å². The van der Waals surface area contributed by atoms with Crippen molar-refractivity contribution in [1.82, 2.24) is 10.6 Å². The lowest BCUT2D eigenvalue weighted by atomic mass is 9.96. The van der Waals surface area contributed by atoms with Crippen molar-refractivity contribution in [3.63, 3.8) is 0 Å². The van der Waals surface area contributed by atoms with Gasteiger partial charge in [0.25, 0.3) is 0 Å². The third-order valence-corrected chi connectivity index (χ3v) is 4.22. The summed E-state index contributed by atoms with van der Waals surface area (Å²) in [5.41, 5.74) is 1.65. The lowest BCUT2D eigenvalue weighted by Gasteiger charge is -2.20. The zero-order chi connectivity index (χ0) is 13.7. The summed E-state index contributed by atoms with van der Waals surface area (Å²) >= 11 is 3.65. The normalized spacial score (nSPS) is 16.8. The maximum absolute atomic E-state index is 4.21. The number of nitrogens with zero attached hydrogens (tertiary/aromatic N) is 1. The van der Waals surface area contributed by atoms with Gasteiger partial charge in [-0.15, -0.1) is 6.58 Å². The Kier molecular flexibility index (Phi) is 4.64. The van der Waals surface area contributed by atoms with Crippen LogP contribution in [0.4, 0.5) is 0 Å². The quantitative estimate of drug-likeness (QED) is 0.497. The van der Waals surface area contributed by atoms with Crippen LogP contribution in [-0.4, -0.2) is 26.1 Å². The second-order valence-electron chi connectivity index (χ2n) is 4.86. The molecular weight excluding hydrogens is 302 g/mol. The Hall–Kier alpha value is -1.29. The summed E-state index contributed by atoms with van der Waals surface area (Å²) in [6.07, 6.45) is 4.27. The fraction of sp³-hybridized carbons (Fsp3) is 0.400. The Labute approximate surface area is 123 Å². The van der Waals surface area contributed by atoms with Crippen LogP contribution in [0, 0.1) is 0 Å². The number of hydrogen-bond acceptors (Lipinski definition) is 1. The molecule has 0 spiro atoms. The first-order chi connectivity index (χ1) is 9.22. The molecule has 19 heavy (non-hydrogen) atoms. The first-order valence-corrected chi connectivity index (χ1v) is 7.31. The monoisotopic (exact) mass is 321 g/mol. The van der Waals surface area contributed by atoms with Crippen molar-refractivity contribution in [3.8, 4) is 0 Å². The maximum Gasteiger partial charge on any atom is 0.191 e. The number of hydrogen-bond donors (Lipinski definition) is 2. The average molecular weight is 322 g/mol. The molecule has 1 aromatic rings. The smallest absolute Gasteiger partial charge is 0.191 e. The van der Waals surface area contributed by atoms with Crippen molar-refractivity contribution >= 4 is 21.9 Å². The van der Waals surface area contributed by atoms with Crippen molar-refractivity contribution in [2.45, 2.75) is 18.3 Å². The van der Waals surface area contributed by atoms with Crippen LogP contribution in [-0.2, 0) is 5.41 Å². The lowest BCUT2D eigenvalue weighted by Crippen LogP contribution is -2.41. The summed E-state index contributed by atoms with van der Waals surface area (Å²) in [5.74, 6) is 0.832. The van der Waals surface area contributed by atoms with Gasteiger partial charge in [0.1, 0.15) is 0 Å². The van der Waals surface area contributed by atoms with Crippen LogP contribution < -0.4 is 10.6 Å². The van der Waals surface area contributed by atoms with Gasteiger partial charge in [0.05, 0.1) is 0 Å². The highest BCUT2D eigenvalue weighted by atomic mass is 79.9. The van der Waals surface area contributed by atoms with E-state index in [1.165, 1.54) is 22.9 Å². The molecule has 2 rings (SSSR count). The van der Waals surface area contributed by atoms with Crippen molar-refractivity contribution in [1.29, 1.82) is 0 Å². The molecule has 0 saturated heterocycles. The highest BCUT2D eigenvalue weighted by Crippen LogP contribution is 2.49. The molecule has 3 nitrogen and oxygen atoms in total. The van der Waals surface area contributed by atoms with Crippen molar-refractivity contribution in [2.24, 2.45) is 4.99 Å². The second kappa shape index (κ2) is 6.24. The van der Waals surface area contributed by atoms with Crippen molar-refractivity contribution < 1.29 is 0 Å². The Bertz CT molecular complexity index is 478. The van der Waals surface area contributed by atoms with Gasteiger partial charge in [-0.2, -0.15) is 0 Å². The summed E-state index contributed by atoms with van der Waals surface area (Å²) in [5, 5.41) is 6.60. The molecule has 1 aliphatic rings. The SMILES string of the molecule is C=CCNC(=NC)NCC1(c2ccccc2Br)CC1. The highest BCUT2D eigenvalue weighted by Gasteiger charge is 2.45. The van der Waals surface area contributed by atoms with E-state index in [1.807, 2.05) is 6.08 Å². The Morgan fingerprint density at radius 1 is 1.42 bits per heavy atom. The predicted octanol–water partition coefficient (Wildman–Crippen LogP) is 2.83. The van der Waals surface area contributed by atoms with Crippen molar-refractivity contribution in [3.05, 3.63) is 47.0 Å². The number of guanidine groups is 1. The fourth-order valence-corrected chi connectivity index (χ4v) is 2.93. The number of halogens is 1. The molecule has 0 heterocycles. The molecule has 102 valence electrons. The van der Waals surface area contributed by atoms with Gasteiger partial charge in [-0.25, -0.2) is 0 Å². The number of nitrogens with one attached hydrogen (secondary N) is 2. The van der Waals surface area contributed by atoms with Crippen LogP contribution in [0.5, 0.6) is 0 Å². The molecule has 0 atom stereocenters. The molecule has 1 aliphatic carbocycles. The van der Waals surface area contributed by atoms with Gasteiger partial charge >= 0.3 is 0 Å². The van der Waals surface area contributed by atoms with Crippen LogP contribution in [0.1, 0.15) is 18.4 Å². The Balaban J connectivity index is 1.99. The van der Waals surface area contributed by atoms with E-state index in [0.717, 1.165) is 19.0 Å². The molecule has 0 bridgehead atoms. The minimum absolute atomic E-state index is 0.256. The molecule has 1 fully saturated rings. The maximum atomic E-state index is 4.21. The zero-order valence-corrected chi connectivity index (χ0v) is 12.8. The van der Waals surface area contributed by atoms with Gasteiger partial charge < -0.3 is 10.6 Å². The average Bonchev–Trinajstić information content (AvgIpc) is 3.20. The van der Waals surface area contributed by atoms with E-state index in [4.69, 9.17) is 0 Å². The van der Waals surface area contributed by atoms with Crippen LogP contribution >= 0.6 is 15.9 Å². The molecule has 2 N–H and O–H groups in total. The molecule has 0 unspecified atom stereocenters. The van der Waals surface area contributed by atoms with Crippen molar-refractivity contribution in [2.75, 3.05) is 20.1 Å². The topological polar surface area (TPSA) is 36.4 Å².